The first-order valence-electron chi connectivity index (χ1n) is 11.1. The van der Waals surface area contributed by atoms with E-state index in [0.29, 0.717) is 26.2 Å². The Labute approximate surface area is 200 Å². The van der Waals surface area contributed by atoms with E-state index in [2.05, 4.69) is 14.9 Å². The van der Waals surface area contributed by atoms with E-state index in [9.17, 15) is 23.7 Å². The molecule has 0 aliphatic carbocycles. The summed E-state index contributed by atoms with van der Waals surface area (Å²) in [5.74, 6) is -4.22. The second-order valence-electron chi connectivity index (χ2n) is 8.00. The summed E-state index contributed by atoms with van der Waals surface area (Å²) in [5.41, 5.74) is 0.429. The Morgan fingerprint density at radius 3 is 2.34 bits per heavy atom. The summed E-state index contributed by atoms with van der Waals surface area (Å²) in [4.78, 5) is 34.7. The Hall–Kier alpha value is -3.99. The van der Waals surface area contributed by atoms with Crippen LogP contribution in [-0.4, -0.2) is 51.8 Å². The molecule has 2 heterocycles. The first-order chi connectivity index (χ1) is 16.9. The lowest BCUT2D eigenvalue weighted by molar-refractivity contribution is -0.385. The average molecular weight is 483 g/mol. The molecule has 0 amide bonds. The standard InChI is InChI=1S/C24H23F2N5O4/c1-2-20(32)17-12-18(25)22(19(26)13-17)35-24-21(31(33)34)23(27-15-28-24)30-10-8-29(9-11-30)14-16-6-4-3-5-7-16/h3-7,12-13,15H,2,8-11,14H2,1H3. The Bertz CT molecular complexity index is 1210. The number of rotatable bonds is 8. The van der Waals surface area contributed by atoms with Crippen LogP contribution in [0.3, 0.4) is 0 Å². The summed E-state index contributed by atoms with van der Waals surface area (Å²) in [6.07, 6.45) is 1.12. The van der Waals surface area contributed by atoms with E-state index >= 15 is 0 Å². The highest BCUT2D eigenvalue weighted by Gasteiger charge is 2.32. The first kappa shape index (κ1) is 24.1. The molecule has 35 heavy (non-hydrogen) atoms. The number of nitro groups is 1. The zero-order valence-electron chi connectivity index (χ0n) is 19.0. The van der Waals surface area contributed by atoms with Crippen LogP contribution in [0.15, 0.2) is 48.8 Å². The molecule has 4 rings (SSSR count). The van der Waals surface area contributed by atoms with Gasteiger partial charge in [0.05, 0.1) is 4.92 Å². The summed E-state index contributed by atoms with van der Waals surface area (Å²) >= 11 is 0. The maximum Gasteiger partial charge on any atom is 0.373 e. The molecular formula is C24H23F2N5O4. The number of carbonyl (C=O) groups excluding carboxylic acids is 1. The van der Waals surface area contributed by atoms with Crippen LogP contribution in [0.2, 0.25) is 0 Å². The number of nitrogens with zero attached hydrogens (tertiary/aromatic N) is 5. The molecule has 1 saturated heterocycles. The van der Waals surface area contributed by atoms with E-state index < -0.39 is 39.7 Å². The Kier molecular flexibility index (Phi) is 7.25. The molecule has 11 heteroatoms. The number of hydrogen-bond donors (Lipinski definition) is 0. The van der Waals surface area contributed by atoms with E-state index in [-0.39, 0.29) is 17.8 Å². The van der Waals surface area contributed by atoms with Crippen molar-refractivity contribution in [1.29, 1.82) is 0 Å². The number of aromatic nitrogens is 2. The molecule has 0 spiro atoms. The summed E-state index contributed by atoms with van der Waals surface area (Å²) in [6.45, 7) is 4.52. The molecule has 0 saturated carbocycles. The number of hydrogen-bond acceptors (Lipinski definition) is 8. The van der Waals surface area contributed by atoms with Crippen LogP contribution in [0.5, 0.6) is 11.6 Å². The predicted octanol–water partition coefficient (Wildman–Crippen LogP) is 4.37. The van der Waals surface area contributed by atoms with Gasteiger partial charge in [0.15, 0.2) is 17.4 Å². The molecule has 3 aromatic rings. The molecule has 182 valence electrons. The van der Waals surface area contributed by atoms with Crippen molar-refractivity contribution in [3.63, 3.8) is 0 Å². The van der Waals surface area contributed by atoms with Crippen molar-refractivity contribution in [2.75, 3.05) is 31.1 Å². The summed E-state index contributed by atoms with van der Waals surface area (Å²) < 4.78 is 34.4. The van der Waals surface area contributed by atoms with Gasteiger partial charge in [0.25, 0.3) is 0 Å². The summed E-state index contributed by atoms with van der Waals surface area (Å²) in [5, 5.41) is 11.9. The second kappa shape index (κ2) is 10.5. The molecule has 1 aromatic heterocycles. The van der Waals surface area contributed by atoms with Gasteiger partial charge in [-0.2, -0.15) is 4.98 Å². The third-order valence-electron chi connectivity index (χ3n) is 5.71. The maximum absolute atomic E-state index is 14.6. The van der Waals surface area contributed by atoms with Crippen LogP contribution >= 0.6 is 0 Å². The Morgan fingerprint density at radius 1 is 1.09 bits per heavy atom. The molecule has 0 atom stereocenters. The van der Waals surface area contributed by atoms with Gasteiger partial charge in [-0.25, -0.2) is 13.8 Å². The molecule has 2 aromatic carbocycles. The molecule has 0 radical (unpaired) electrons. The summed E-state index contributed by atoms with van der Waals surface area (Å²) in [7, 11) is 0. The molecule has 0 unspecified atom stereocenters. The van der Waals surface area contributed by atoms with Gasteiger partial charge in [0.1, 0.15) is 6.33 Å². The predicted molar refractivity (Wildman–Crippen MR) is 124 cm³/mol. The van der Waals surface area contributed by atoms with Gasteiger partial charge < -0.3 is 9.64 Å². The Balaban J connectivity index is 1.55. The lowest BCUT2D eigenvalue weighted by Gasteiger charge is -2.35. The molecular weight excluding hydrogens is 460 g/mol. The molecule has 1 aliphatic rings. The smallest absolute Gasteiger partial charge is 0.373 e. The fourth-order valence-electron chi connectivity index (χ4n) is 3.90. The monoisotopic (exact) mass is 483 g/mol. The van der Waals surface area contributed by atoms with Crippen LogP contribution in [0.4, 0.5) is 20.3 Å². The number of halogens is 2. The minimum atomic E-state index is -1.16. The topological polar surface area (TPSA) is 102 Å². The Morgan fingerprint density at radius 2 is 1.74 bits per heavy atom. The van der Waals surface area contributed by atoms with Crippen molar-refractivity contribution < 1.29 is 23.2 Å². The maximum atomic E-state index is 14.6. The number of ether oxygens (including phenoxy) is 1. The minimum Gasteiger partial charge on any atom is -0.427 e. The molecule has 0 bridgehead atoms. The first-order valence-corrected chi connectivity index (χ1v) is 11.1. The number of anilines is 1. The third-order valence-corrected chi connectivity index (χ3v) is 5.71. The number of Topliss-reactive ketones (excluding diaryl/α,β-unsaturated/α-hetero) is 1. The van der Waals surface area contributed by atoms with Gasteiger partial charge in [-0.05, 0) is 17.7 Å². The van der Waals surface area contributed by atoms with E-state index in [1.165, 1.54) is 5.56 Å². The van der Waals surface area contributed by atoms with Crippen molar-refractivity contribution in [1.82, 2.24) is 14.9 Å². The largest absolute Gasteiger partial charge is 0.427 e. The normalized spacial score (nSPS) is 14.1. The minimum absolute atomic E-state index is 0.0120. The van der Waals surface area contributed by atoms with Crippen LogP contribution in [0.1, 0.15) is 29.3 Å². The second-order valence-corrected chi connectivity index (χ2v) is 8.00. The van der Waals surface area contributed by atoms with Crippen molar-refractivity contribution in [2.45, 2.75) is 19.9 Å². The lowest BCUT2D eigenvalue weighted by atomic mass is 10.1. The number of carbonyl (C=O) groups is 1. The highest BCUT2D eigenvalue weighted by atomic mass is 19.1. The van der Waals surface area contributed by atoms with Gasteiger partial charge in [0, 0.05) is 44.7 Å². The lowest BCUT2D eigenvalue weighted by Crippen LogP contribution is -2.46. The van der Waals surface area contributed by atoms with Crippen LogP contribution in [-0.2, 0) is 6.54 Å². The SMILES string of the molecule is CCC(=O)c1cc(F)c(Oc2ncnc(N3CCN(Cc4ccccc4)CC3)c2[N+](=O)[O-])c(F)c1. The van der Waals surface area contributed by atoms with Crippen molar-refractivity contribution in [3.05, 3.63) is 81.7 Å². The van der Waals surface area contributed by atoms with Crippen LogP contribution < -0.4 is 9.64 Å². The van der Waals surface area contributed by atoms with E-state index in [4.69, 9.17) is 4.74 Å². The van der Waals surface area contributed by atoms with E-state index in [1.54, 1.807) is 11.8 Å². The quantitative estimate of drug-likeness (QED) is 0.264. The van der Waals surface area contributed by atoms with Gasteiger partial charge in [-0.3, -0.25) is 19.8 Å². The molecule has 0 N–H and O–H groups in total. The van der Waals surface area contributed by atoms with Crippen molar-refractivity contribution >= 4 is 17.3 Å². The number of benzene rings is 2. The van der Waals surface area contributed by atoms with Crippen LogP contribution in [0, 0.1) is 21.7 Å². The van der Waals surface area contributed by atoms with E-state index in [0.717, 1.165) is 25.0 Å². The van der Waals surface area contributed by atoms with Gasteiger partial charge in [-0.15, -0.1) is 0 Å². The summed E-state index contributed by atoms with van der Waals surface area (Å²) in [6, 6.07) is 11.6. The van der Waals surface area contributed by atoms with Crippen molar-refractivity contribution in [2.24, 2.45) is 0 Å². The highest BCUT2D eigenvalue weighted by Crippen LogP contribution is 2.38. The van der Waals surface area contributed by atoms with Crippen molar-refractivity contribution in [3.8, 4) is 11.6 Å². The van der Waals surface area contributed by atoms with Gasteiger partial charge in [0.2, 0.25) is 11.6 Å². The molecule has 1 aliphatic heterocycles. The fraction of sp³-hybridized carbons (Fsp3) is 0.292. The van der Waals surface area contributed by atoms with Gasteiger partial charge >= 0.3 is 11.6 Å². The molecule has 9 nitrogen and oxygen atoms in total. The highest BCUT2D eigenvalue weighted by molar-refractivity contribution is 5.96. The third kappa shape index (κ3) is 5.40. The zero-order valence-corrected chi connectivity index (χ0v) is 19.0. The van der Waals surface area contributed by atoms with E-state index in [1.807, 2.05) is 30.3 Å². The number of piperazine rings is 1. The zero-order chi connectivity index (χ0) is 24.9. The average Bonchev–Trinajstić information content (AvgIpc) is 2.86. The van der Waals surface area contributed by atoms with Crippen LogP contribution in [0.25, 0.3) is 0 Å². The fourth-order valence-corrected chi connectivity index (χ4v) is 3.90. The number of ketones is 1. The molecule has 1 fully saturated rings. The van der Waals surface area contributed by atoms with Gasteiger partial charge in [-0.1, -0.05) is 37.3 Å².